The Hall–Kier alpha value is -0.820. The summed E-state index contributed by atoms with van der Waals surface area (Å²) in [5, 5.41) is 10.9. The van der Waals surface area contributed by atoms with Gasteiger partial charge in [-0.25, -0.2) is 0 Å². The monoisotopic (exact) mass is 218 g/mol. The number of hydrogen-bond acceptors (Lipinski definition) is 1. The standard InChI is InChI=1S/C15H22O/c1-4-13(5-2)15(16)9-8-12-7-6-11(3)10-14(12)15/h6-7,10,13,16H,4-5,8-9H2,1-3H3. The highest BCUT2D eigenvalue weighted by Crippen LogP contribution is 2.44. The van der Waals surface area contributed by atoms with Crippen molar-refractivity contribution in [2.24, 2.45) is 5.92 Å². The van der Waals surface area contributed by atoms with E-state index >= 15 is 0 Å². The van der Waals surface area contributed by atoms with E-state index in [2.05, 4.69) is 39.0 Å². The Morgan fingerprint density at radius 1 is 1.31 bits per heavy atom. The van der Waals surface area contributed by atoms with Gasteiger partial charge in [0.2, 0.25) is 0 Å². The molecule has 1 N–H and O–H groups in total. The van der Waals surface area contributed by atoms with Crippen molar-refractivity contribution in [3.05, 3.63) is 34.9 Å². The third-order valence-corrected chi connectivity index (χ3v) is 4.17. The van der Waals surface area contributed by atoms with Crippen LogP contribution in [-0.2, 0) is 12.0 Å². The van der Waals surface area contributed by atoms with Crippen LogP contribution in [0.5, 0.6) is 0 Å². The van der Waals surface area contributed by atoms with Gasteiger partial charge in [0.15, 0.2) is 0 Å². The molecule has 0 spiro atoms. The van der Waals surface area contributed by atoms with Crippen LogP contribution < -0.4 is 0 Å². The van der Waals surface area contributed by atoms with Gasteiger partial charge in [0.25, 0.3) is 0 Å². The lowest BCUT2D eigenvalue weighted by Gasteiger charge is -2.32. The lowest BCUT2D eigenvalue weighted by molar-refractivity contribution is -0.0259. The van der Waals surface area contributed by atoms with Gasteiger partial charge in [-0.2, -0.15) is 0 Å². The van der Waals surface area contributed by atoms with Crippen LogP contribution in [0.4, 0.5) is 0 Å². The lowest BCUT2D eigenvalue weighted by atomic mass is 9.79. The van der Waals surface area contributed by atoms with Gasteiger partial charge in [0, 0.05) is 0 Å². The van der Waals surface area contributed by atoms with Crippen LogP contribution in [0.3, 0.4) is 0 Å². The smallest absolute Gasteiger partial charge is 0.0930 e. The van der Waals surface area contributed by atoms with Crippen molar-refractivity contribution in [3.63, 3.8) is 0 Å². The molecule has 16 heavy (non-hydrogen) atoms. The average Bonchev–Trinajstić information content (AvgIpc) is 2.59. The van der Waals surface area contributed by atoms with E-state index in [0.29, 0.717) is 5.92 Å². The molecule has 0 saturated carbocycles. The highest BCUT2D eigenvalue weighted by Gasteiger charge is 2.41. The Balaban J connectivity index is 2.44. The van der Waals surface area contributed by atoms with Gasteiger partial charge in [-0.1, -0.05) is 50.5 Å². The van der Waals surface area contributed by atoms with Crippen LogP contribution in [0, 0.1) is 12.8 Å². The normalized spacial score (nSPS) is 23.8. The number of aliphatic hydroxyl groups is 1. The zero-order valence-corrected chi connectivity index (χ0v) is 10.6. The SMILES string of the molecule is CCC(CC)C1(O)CCc2ccc(C)cc21. The fourth-order valence-corrected chi connectivity index (χ4v) is 3.16. The van der Waals surface area contributed by atoms with Gasteiger partial charge in [-0.3, -0.25) is 0 Å². The first-order valence-corrected chi connectivity index (χ1v) is 6.44. The summed E-state index contributed by atoms with van der Waals surface area (Å²) >= 11 is 0. The third-order valence-electron chi connectivity index (χ3n) is 4.17. The summed E-state index contributed by atoms with van der Waals surface area (Å²) in [6.45, 7) is 6.46. The molecule has 1 aliphatic carbocycles. The summed E-state index contributed by atoms with van der Waals surface area (Å²) in [5.74, 6) is 0.399. The topological polar surface area (TPSA) is 20.2 Å². The molecule has 1 aromatic carbocycles. The van der Waals surface area contributed by atoms with Crippen molar-refractivity contribution < 1.29 is 5.11 Å². The second-order valence-electron chi connectivity index (χ2n) is 5.10. The van der Waals surface area contributed by atoms with E-state index in [4.69, 9.17) is 0 Å². The van der Waals surface area contributed by atoms with Crippen molar-refractivity contribution in [1.82, 2.24) is 0 Å². The summed E-state index contributed by atoms with van der Waals surface area (Å²) in [7, 11) is 0. The van der Waals surface area contributed by atoms with Crippen molar-refractivity contribution in [1.29, 1.82) is 0 Å². The van der Waals surface area contributed by atoms with E-state index in [1.54, 1.807) is 0 Å². The summed E-state index contributed by atoms with van der Waals surface area (Å²) in [6, 6.07) is 6.52. The molecule has 2 rings (SSSR count). The zero-order valence-electron chi connectivity index (χ0n) is 10.6. The van der Waals surface area contributed by atoms with E-state index in [9.17, 15) is 5.11 Å². The molecule has 0 fully saturated rings. The quantitative estimate of drug-likeness (QED) is 0.822. The van der Waals surface area contributed by atoms with Gasteiger partial charge in [-0.15, -0.1) is 0 Å². The first kappa shape index (κ1) is 11.7. The molecule has 0 radical (unpaired) electrons. The molecule has 0 heterocycles. The van der Waals surface area contributed by atoms with E-state index in [0.717, 1.165) is 25.7 Å². The molecule has 1 heteroatoms. The predicted molar refractivity (Wildman–Crippen MR) is 67.5 cm³/mol. The van der Waals surface area contributed by atoms with Crippen molar-refractivity contribution in [3.8, 4) is 0 Å². The van der Waals surface area contributed by atoms with Crippen LogP contribution in [0.1, 0.15) is 49.8 Å². The van der Waals surface area contributed by atoms with Crippen molar-refractivity contribution in [2.75, 3.05) is 0 Å². The van der Waals surface area contributed by atoms with Crippen LogP contribution in [0.15, 0.2) is 18.2 Å². The first-order chi connectivity index (χ1) is 7.61. The largest absolute Gasteiger partial charge is 0.385 e. The summed E-state index contributed by atoms with van der Waals surface area (Å²) in [5.41, 5.74) is 3.23. The molecule has 1 aliphatic rings. The van der Waals surface area contributed by atoms with Gasteiger partial charge in [0.05, 0.1) is 5.60 Å². The highest BCUT2D eigenvalue weighted by atomic mass is 16.3. The minimum atomic E-state index is -0.565. The minimum Gasteiger partial charge on any atom is -0.385 e. The Morgan fingerprint density at radius 3 is 2.62 bits per heavy atom. The molecule has 0 amide bonds. The second kappa shape index (κ2) is 4.21. The van der Waals surface area contributed by atoms with Crippen molar-refractivity contribution >= 4 is 0 Å². The molecule has 0 aliphatic heterocycles. The summed E-state index contributed by atoms with van der Waals surface area (Å²) in [6.07, 6.45) is 4.04. The molecular weight excluding hydrogens is 196 g/mol. The second-order valence-corrected chi connectivity index (χ2v) is 5.10. The molecule has 1 aromatic rings. The van der Waals surface area contributed by atoms with Gasteiger partial charge >= 0.3 is 0 Å². The van der Waals surface area contributed by atoms with Gasteiger partial charge < -0.3 is 5.11 Å². The maximum absolute atomic E-state index is 10.9. The molecule has 1 atom stereocenters. The average molecular weight is 218 g/mol. The molecule has 0 bridgehead atoms. The predicted octanol–water partition coefficient (Wildman–Crippen LogP) is 3.57. The number of hydrogen-bond donors (Lipinski definition) is 1. The van der Waals surface area contributed by atoms with Crippen LogP contribution in [-0.4, -0.2) is 5.11 Å². The molecule has 1 unspecified atom stereocenters. The van der Waals surface area contributed by atoms with E-state index in [1.807, 2.05) is 0 Å². The summed E-state index contributed by atoms with van der Waals surface area (Å²) < 4.78 is 0. The first-order valence-electron chi connectivity index (χ1n) is 6.44. The Bertz CT molecular complexity index is 379. The number of rotatable bonds is 3. The van der Waals surface area contributed by atoms with E-state index in [-0.39, 0.29) is 0 Å². The van der Waals surface area contributed by atoms with Crippen LogP contribution in [0.25, 0.3) is 0 Å². The number of aryl methyl sites for hydroxylation is 2. The fraction of sp³-hybridized carbons (Fsp3) is 0.600. The third kappa shape index (κ3) is 1.67. The maximum Gasteiger partial charge on any atom is 0.0930 e. The van der Waals surface area contributed by atoms with Crippen LogP contribution >= 0.6 is 0 Å². The molecule has 1 nitrogen and oxygen atoms in total. The van der Waals surface area contributed by atoms with E-state index in [1.165, 1.54) is 16.7 Å². The highest BCUT2D eigenvalue weighted by molar-refractivity contribution is 5.40. The molecular formula is C15H22O. The Labute approximate surface area is 98.5 Å². The lowest BCUT2D eigenvalue weighted by Crippen LogP contribution is -2.32. The fourth-order valence-electron chi connectivity index (χ4n) is 3.16. The molecule has 88 valence electrons. The van der Waals surface area contributed by atoms with E-state index < -0.39 is 5.60 Å². The van der Waals surface area contributed by atoms with Gasteiger partial charge in [0.1, 0.15) is 0 Å². The Kier molecular flexibility index (Phi) is 3.07. The Morgan fingerprint density at radius 2 is 2.00 bits per heavy atom. The minimum absolute atomic E-state index is 0.399. The van der Waals surface area contributed by atoms with Crippen LogP contribution in [0.2, 0.25) is 0 Å². The van der Waals surface area contributed by atoms with Gasteiger partial charge in [-0.05, 0) is 36.8 Å². The number of benzene rings is 1. The zero-order chi connectivity index (χ0) is 11.8. The maximum atomic E-state index is 10.9. The number of fused-ring (bicyclic) bond motifs is 1. The molecule has 0 aromatic heterocycles. The van der Waals surface area contributed by atoms with Crippen molar-refractivity contribution in [2.45, 2.75) is 52.1 Å². The molecule has 0 saturated heterocycles. The summed E-state index contributed by atoms with van der Waals surface area (Å²) in [4.78, 5) is 0.